The van der Waals surface area contributed by atoms with Crippen LogP contribution in [-0.4, -0.2) is 19.5 Å². The highest BCUT2D eigenvalue weighted by Crippen LogP contribution is 2.50. The lowest BCUT2D eigenvalue weighted by Crippen LogP contribution is -2.15. The van der Waals surface area contributed by atoms with Gasteiger partial charge in [0.15, 0.2) is 17.5 Å². The van der Waals surface area contributed by atoms with Gasteiger partial charge in [0, 0.05) is 58.7 Å². The molecule has 14 rings (SSSR count). The lowest BCUT2D eigenvalue weighted by Gasteiger charge is -2.21. The number of fused-ring (bicyclic) bond motifs is 10. The summed E-state index contributed by atoms with van der Waals surface area (Å²) >= 11 is 1.85. The summed E-state index contributed by atoms with van der Waals surface area (Å²) in [4.78, 5) is 15.6. The van der Waals surface area contributed by atoms with Gasteiger partial charge < -0.3 is 4.57 Å². The van der Waals surface area contributed by atoms with Crippen LogP contribution in [0.1, 0.15) is 25.0 Å². The number of hydrogen-bond donors (Lipinski definition) is 0. The van der Waals surface area contributed by atoms with Crippen LogP contribution in [0.2, 0.25) is 0 Å². The van der Waals surface area contributed by atoms with Gasteiger partial charge in [0.25, 0.3) is 0 Å². The lowest BCUT2D eigenvalue weighted by atomic mass is 9.82. The van der Waals surface area contributed by atoms with Crippen LogP contribution in [0.5, 0.6) is 0 Å². The Labute approximate surface area is 403 Å². The average molecular weight is 899 g/mol. The molecule has 0 bridgehead atoms. The summed E-state index contributed by atoms with van der Waals surface area (Å²) in [6.45, 7) is 4.62. The summed E-state index contributed by atoms with van der Waals surface area (Å²) in [5.74, 6) is 1.96. The Hall–Kier alpha value is -8.51. The standard InChI is InChI=1S/C64H42N4S/c1-64(2)54-23-10-8-20-49(54)50-31-27-46(38-55(50)64)63-66-61(40-15-4-3-5-16-40)65-62(67-63)45-19-12-18-44(34-45)48-22-13-25-59-60(48)53-37-43(29-33-58(53)69-59)42-28-32-57-52(36-42)51-21-9-11-24-56(51)68(57)47-30-26-39-14-6-7-17-41(39)35-47/h3-38H,1-2H3. The molecule has 5 heteroatoms. The number of hydrogen-bond acceptors (Lipinski definition) is 4. The molecule has 0 saturated heterocycles. The van der Waals surface area contributed by atoms with Crippen LogP contribution in [0.4, 0.5) is 0 Å². The van der Waals surface area contributed by atoms with E-state index in [1.807, 2.05) is 29.5 Å². The molecule has 4 nitrogen and oxygen atoms in total. The van der Waals surface area contributed by atoms with Crippen molar-refractivity contribution in [3.05, 3.63) is 230 Å². The third kappa shape index (κ3) is 6.31. The zero-order chi connectivity index (χ0) is 45.8. The Kier molecular flexibility index (Phi) is 8.77. The lowest BCUT2D eigenvalue weighted by molar-refractivity contribution is 0.660. The van der Waals surface area contributed by atoms with Crippen LogP contribution >= 0.6 is 11.3 Å². The van der Waals surface area contributed by atoms with Crippen LogP contribution in [0, 0.1) is 0 Å². The highest BCUT2D eigenvalue weighted by atomic mass is 32.1. The monoisotopic (exact) mass is 898 g/mol. The van der Waals surface area contributed by atoms with Crippen molar-refractivity contribution in [3.8, 4) is 73.2 Å². The van der Waals surface area contributed by atoms with Crippen molar-refractivity contribution in [2.24, 2.45) is 0 Å². The third-order valence-electron chi connectivity index (χ3n) is 14.4. The largest absolute Gasteiger partial charge is 0.309 e. The van der Waals surface area contributed by atoms with E-state index in [9.17, 15) is 0 Å². The minimum absolute atomic E-state index is 0.143. The predicted octanol–water partition coefficient (Wildman–Crippen LogP) is 17.1. The van der Waals surface area contributed by atoms with Gasteiger partial charge >= 0.3 is 0 Å². The van der Waals surface area contributed by atoms with Gasteiger partial charge in [-0.15, -0.1) is 11.3 Å². The van der Waals surface area contributed by atoms with E-state index in [0.717, 1.165) is 27.9 Å². The molecule has 3 aromatic heterocycles. The molecule has 0 aliphatic heterocycles. The summed E-state index contributed by atoms with van der Waals surface area (Å²) in [6, 6.07) is 79.2. The molecule has 1 aliphatic rings. The summed E-state index contributed by atoms with van der Waals surface area (Å²) < 4.78 is 4.93. The van der Waals surface area contributed by atoms with Crippen LogP contribution in [0.3, 0.4) is 0 Å². The van der Waals surface area contributed by atoms with Crippen LogP contribution < -0.4 is 0 Å². The molecule has 1 aliphatic carbocycles. The van der Waals surface area contributed by atoms with Crippen molar-refractivity contribution in [1.82, 2.24) is 19.5 Å². The van der Waals surface area contributed by atoms with E-state index in [0.29, 0.717) is 17.5 Å². The number of nitrogens with zero attached hydrogens (tertiary/aromatic N) is 4. The molecule has 3 heterocycles. The number of rotatable bonds is 6. The summed E-state index contributed by atoms with van der Waals surface area (Å²) in [5, 5.41) is 7.48. The minimum atomic E-state index is -0.143. The van der Waals surface area contributed by atoms with E-state index in [1.165, 1.54) is 91.7 Å². The molecule has 69 heavy (non-hydrogen) atoms. The van der Waals surface area contributed by atoms with E-state index in [2.05, 4.69) is 219 Å². The fourth-order valence-corrected chi connectivity index (χ4v) is 12.1. The topological polar surface area (TPSA) is 43.6 Å². The maximum Gasteiger partial charge on any atom is 0.164 e. The van der Waals surface area contributed by atoms with Crippen molar-refractivity contribution in [1.29, 1.82) is 0 Å². The van der Waals surface area contributed by atoms with Gasteiger partial charge in [0.2, 0.25) is 0 Å². The molecule has 0 radical (unpaired) electrons. The average Bonchev–Trinajstić information content (AvgIpc) is 4.03. The molecule has 10 aromatic carbocycles. The summed E-state index contributed by atoms with van der Waals surface area (Å²) in [6.07, 6.45) is 0. The predicted molar refractivity (Wildman–Crippen MR) is 289 cm³/mol. The van der Waals surface area contributed by atoms with Crippen molar-refractivity contribution in [3.63, 3.8) is 0 Å². The molecule has 0 saturated carbocycles. The third-order valence-corrected chi connectivity index (χ3v) is 15.6. The molecule has 0 atom stereocenters. The summed E-state index contributed by atoms with van der Waals surface area (Å²) in [5.41, 5.74) is 16.2. The Morgan fingerprint density at radius 2 is 0.986 bits per heavy atom. The Bertz CT molecular complexity index is 4230. The maximum absolute atomic E-state index is 5.25. The highest BCUT2D eigenvalue weighted by molar-refractivity contribution is 7.26. The van der Waals surface area contributed by atoms with E-state index >= 15 is 0 Å². The van der Waals surface area contributed by atoms with Crippen molar-refractivity contribution >= 4 is 64.1 Å². The van der Waals surface area contributed by atoms with Gasteiger partial charge in [-0.05, 0) is 116 Å². The minimum Gasteiger partial charge on any atom is -0.309 e. The quantitative estimate of drug-likeness (QED) is 0.167. The van der Waals surface area contributed by atoms with E-state index in [4.69, 9.17) is 15.0 Å². The highest BCUT2D eigenvalue weighted by Gasteiger charge is 2.35. The van der Waals surface area contributed by atoms with Gasteiger partial charge in [-0.3, -0.25) is 0 Å². The van der Waals surface area contributed by atoms with Crippen LogP contribution in [-0.2, 0) is 5.41 Å². The molecule has 0 spiro atoms. The first kappa shape index (κ1) is 39.6. The molecule has 0 N–H and O–H groups in total. The Morgan fingerprint density at radius 1 is 0.362 bits per heavy atom. The van der Waals surface area contributed by atoms with Gasteiger partial charge in [0.1, 0.15) is 0 Å². The summed E-state index contributed by atoms with van der Waals surface area (Å²) in [7, 11) is 0. The first-order valence-corrected chi connectivity index (χ1v) is 24.4. The molecular formula is C64H42N4S. The molecule has 0 unspecified atom stereocenters. The molecule has 324 valence electrons. The van der Waals surface area contributed by atoms with Crippen LogP contribution in [0.25, 0.3) is 126 Å². The second-order valence-electron chi connectivity index (χ2n) is 18.8. The fourth-order valence-electron chi connectivity index (χ4n) is 11.0. The molecule has 13 aromatic rings. The first-order valence-electron chi connectivity index (χ1n) is 23.6. The Morgan fingerprint density at radius 3 is 1.86 bits per heavy atom. The molecule has 0 amide bonds. The van der Waals surface area contributed by atoms with Gasteiger partial charge in [0.05, 0.1) is 11.0 Å². The fraction of sp³-hybridized carbons (Fsp3) is 0.0469. The van der Waals surface area contributed by atoms with E-state index in [1.54, 1.807) is 0 Å². The van der Waals surface area contributed by atoms with E-state index in [-0.39, 0.29) is 5.41 Å². The Balaban J connectivity index is 0.874. The number of thiophene rings is 1. The van der Waals surface area contributed by atoms with Gasteiger partial charge in [-0.2, -0.15) is 0 Å². The van der Waals surface area contributed by atoms with Crippen LogP contribution in [0.15, 0.2) is 218 Å². The van der Waals surface area contributed by atoms with Crippen molar-refractivity contribution < 1.29 is 0 Å². The molecular weight excluding hydrogens is 857 g/mol. The second kappa shape index (κ2) is 15.3. The SMILES string of the molecule is CC1(C)c2ccccc2-c2ccc(-c3nc(-c4ccccc4)nc(-c4cccc(-c5cccc6sc7ccc(-c8ccc9c(c8)c8ccccc8n9-c8ccc9ccccc9c8)cc7c56)c4)n3)cc21. The second-order valence-corrected chi connectivity index (χ2v) is 19.9. The smallest absolute Gasteiger partial charge is 0.164 e. The molecule has 0 fully saturated rings. The zero-order valence-electron chi connectivity index (χ0n) is 38.0. The van der Waals surface area contributed by atoms with Gasteiger partial charge in [-0.1, -0.05) is 172 Å². The van der Waals surface area contributed by atoms with Gasteiger partial charge in [-0.25, -0.2) is 15.0 Å². The van der Waals surface area contributed by atoms with Crippen molar-refractivity contribution in [2.45, 2.75) is 19.3 Å². The van der Waals surface area contributed by atoms with Crippen molar-refractivity contribution in [2.75, 3.05) is 0 Å². The maximum atomic E-state index is 5.25. The number of para-hydroxylation sites is 1. The number of aromatic nitrogens is 4. The zero-order valence-corrected chi connectivity index (χ0v) is 38.8. The normalized spacial score (nSPS) is 12.9. The van der Waals surface area contributed by atoms with E-state index < -0.39 is 0 Å². The number of benzene rings is 10. The first-order chi connectivity index (χ1) is 33.9.